The predicted octanol–water partition coefficient (Wildman–Crippen LogP) is 14.2. The van der Waals surface area contributed by atoms with Gasteiger partial charge in [-0.3, -0.25) is 27.3 Å². The van der Waals surface area contributed by atoms with E-state index in [1.807, 2.05) is 27.7 Å². The summed E-state index contributed by atoms with van der Waals surface area (Å²) in [5, 5.41) is 27.0. The summed E-state index contributed by atoms with van der Waals surface area (Å²) in [6, 6.07) is 24.7. The minimum Gasteiger partial charge on any atom is -0.486 e. The van der Waals surface area contributed by atoms with Crippen LogP contribution in [0.25, 0.3) is 16.7 Å². The first-order valence-corrected chi connectivity index (χ1v) is 41.4. The largest absolute Gasteiger partial charge is 0.486 e. The number of ether oxygens (including phenoxy) is 5. The highest BCUT2D eigenvalue weighted by Crippen LogP contribution is 2.50. The zero-order valence-corrected chi connectivity index (χ0v) is 65.5. The first-order valence-electron chi connectivity index (χ1n) is 36.6. The quantitative estimate of drug-likeness (QED) is 0.0351. The Balaban J connectivity index is 0.000000180. The zero-order chi connectivity index (χ0) is 82.4. The van der Waals surface area contributed by atoms with Crippen molar-refractivity contribution < 1.29 is 113 Å². The van der Waals surface area contributed by atoms with Gasteiger partial charge in [-0.1, -0.05) is 64.1 Å². The number of carbonyl (C=O) groups is 3. The summed E-state index contributed by atoms with van der Waals surface area (Å²) in [5.41, 5.74) is 2.41. The third-order valence-electron chi connectivity index (χ3n) is 20.8. The van der Waals surface area contributed by atoms with Gasteiger partial charge in [-0.05, 0) is 148 Å². The lowest BCUT2D eigenvalue weighted by molar-refractivity contribution is -0.138. The monoisotopic (exact) mass is 1640 g/mol. The van der Waals surface area contributed by atoms with E-state index in [1.165, 1.54) is 59.3 Å². The van der Waals surface area contributed by atoms with Crippen molar-refractivity contribution in [3.63, 3.8) is 0 Å². The van der Waals surface area contributed by atoms with Crippen LogP contribution >= 0.6 is 0 Å². The molecule has 0 saturated carbocycles. The average Bonchev–Trinajstić information content (AvgIpc) is 0.786. The molecule has 6 heterocycles. The number of rotatable bonds is 20. The Morgan fingerprint density at radius 1 is 0.451 bits per heavy atom. The minimum absolute atomic E-state index is 0.0169. The van der Waals surface area contributed by atoms with Gasteiger partial charge in [-0.15, -0.1) is 0 Å². The van der Waals surface area contributed by atoms with E-state index in [4.69, 9.17) is 23.7 Å². The molecule has 0 bridgehead atoms. The predicted molar refractivity (Wildman–Crippen MR) is 411 cm³/mol. The summed E-state index contributed by atoms with van der Waals surface area (Å²) in [4.78, 5) is 39.5. The first-order chi connectivity index (χ1) is 53.3. The van der Waals surface area contributed by atoms with Crippen LogP contribution in [0.15, 0.2) is 127 Å². The molecule has 6 aromatic carbocycles. The smallest absolute Gasteiger partial charge is 0.416 e. The number of carbonyl (C=O) groups excluding carboxylic acids is 3. The Kier molecular flexibility index (Phi) is 26.3. The van der Waals surface area contributed by atoms with Gasteiger partial charge in [0.05, 0.1) is 77.4 Å². The summed E-state index contributed by atoms with van der Waals surface area (Å²) in [6.07, 6.45) is -5.60. The van der Waals surface area contributed by atoms with Gasteiger partial charge in [0.2, 0.25) is 47.8 Å². The van der Waals surface area contributed by atoms with Crippen molar-refractivity contribution >= 4 is 98.6 Å². The molecule has 0 aromatic heterocycles. The highest BCUT2D eigenvalue weighted by atomic mass is 32.2. The van der Waals surface area contributed by atoms with Gasteiger partial charge < -0.3 is 49.8 Å². The summed E-state index contributed by atoms with van der Waals surface area (Å²) in [5.74, 6) is -1.68. The number of methoxy groups -OCH3 is 2. The molecule has 0 atom stereocenters. The number of aliphatic hydroxyl groups excluding tert-OH is 2. The Hall–Kier alpha value is -9.19. The lowest BCUT2D eigenvalue weighted by atomic mass is 9.82. The van der Waals surface area contributed by atoms with Gasteiger partial charge in [0.25, 0.3) is 0 Å². The lowest BCUT2D eigenvalue weighted by Crippen LogP contribution is -2.47. The molecule has 0 spiro atoms. The molecule has 6 aromatic rings. The molecule has 34 heteroatoms. The molecular weight excluding hydrogens is 1560 g/mol. The molecule has 0 fully saturated rings. The van der Waals surface area contributed by atoms with Crippen molar-refractivity contribution in [3.8, 4) is 17.2 Å². The van der Waals surface area contributed by atoms with Crippen LogP contribution in [-0.4, -0.2) is 148 Å². The summed E-state index contributed by atoms with van der Waals surface area (Å²) < 4.78 is 228. The fourth-order valence-electron chi connectivity index (χ4n) is 14.9. The molecule has 0 saturated heterocycles. The van der Waals surface area contributed by atoms with E-state index < -0.39 is 99.8 Å². The highest BCUT2D eigenvalue weighted by Gasteiger charge is 2.45. The van der Waals surface area contributed by atoms with Gasteiger partial charge in [0, 0.05) is 122 Å². The lowest BCUT2D eigenvalue weighted by Gasteiger charge is -2.39. The van der Waals surface area contributed by atoms with Crippen molar-refractivity contribution in [2.24, 2.45) is 0 Å². The van der Waals surface area contributed by atoms with E-state index in [2.05, 4.69) is 16.0 Å². The second-order valence-electron chi connectivity index (χ2n) is 28.0. The van der Waals surface area contributed by atoms with Crippen LogP contribution in [0.3, 0.4) is 0 Å². The zero-order valence-electron chi connectivity index (χ0n) is 63.1. The molecule has 12 rings (SSSR count). The van der Waals surface area contributed by atoms with E-state index in [0.29, 0.717) is 123 Å². The van der Waals surface area contributed by atoms with E-state index in [-0.39, 0.29) is 113 Å². The van der Waals surface area contributed by atoms with Gasteiger partial charge in [-0.2, -0.15) is 39.5 Å². The van der Waals surface area contributed by atoms with Gasteiger partial charge in [0.1, 0.15) is 28.5 Å². The number of β-amino-alcohol motifs (C(OH)–C–C–N with tert-alkyl or cyclic N) is 1. The molecular formula is C79H89F9N6O16S3. The molecule has 0 unspecified atom stereocenters. The van der Waals surface area contributed by atoms with Crippen molar-refractivity contribution in [2.45, 2.75) is 141 Å². The van der Waals surface area contributed by atoms with E-state index in [1.54, 1.807) is 61.5 Å². The number of sulfonamides is 3. The summed E-state index contributed by atoms with van der Waals surface area (Å²) in [6.45, 7) is 9.13. The fraction of sp³-hybridized carbons (Fsp3) is 0.430. The maximum absolute atomic E-state index is 13.4. The average molecular weight is 1650 g/mol. The van der Waals surface area contributed by atoms with Crippen molar-refractivity contribution in [3.05, 3.63) is 177 Å². The number of anilines is 6. The van der Waals surface area contributed by atoms with E-state index in [0.717, 1.165) is 40.7 Å². The maximum Gasteiger partial charge on any atom is 0.416 e. The first kappa shape index (κ1) is 86.2. The number of nitrogens with zero attached hydrogens (tertiary/aromatic N) is 3. The van der Waals surface area contributed by atoms with Crippen LogP contribution < -0.4 is 43.1 Å². The topological polar surface area (TPSA) is 286 Å². The standard InChI is InChI=1S/C27H31F3N2O5S.C26H29F3N2O6S.C26H29F3N2O5S/c1-3-26(4-2)17-18(20-10-9-19(27(28,29)30)16-24(20)37-26)15-25(34)31-22-7-5-8-23-21(22)11-14-38(35,36)32(23)12-6-13-33;1-4-31-22-7-5-6-21(20(22)10-11-38(31,33)34)30-24(32)12-17-14-25(15-35-2,16-36-3)37-23-13-18(26(27,28)29)8-9-19(17)23;1-3-25(4-2)16-17(19-9-8-18(26(27,28)29)15-23(19)36-25)14-24(33)30-21-6-5-7-22-20(21)10-13-37(34,35)31(22)11-12-32/h5,7-10,15-16,33H,3-4,6,11-14,17H2,1-2H3,(H,31,34);5-9,12-13H,4,10-11,14-16H2,1-3H3,(H,30,32);5-9,14-15,32H,3-4,10-13,16H2,1-2H3,(H,30,33)/b18-15+;17-12+;17-14+. The second-order valence-corrected chi connectivity index (χ2v) is 34.0. The third kappa shape index (κ3) is 19.3. The third-order valence-corrected chi connectivity index (χ3v) is 26.2. The second kappa shape index (κ2) is 34.5. The number of fused-ring (bicyclic) bond motifs is 6. The normalized spacial score (nSPS) is 19.0. The molecule has 0 aliphatic carbocycles. The van der Waals surface area contributed by atoms with Crippen LogP contribution in [0.2, 0.25) is 0 Å². The Labute approximate surface area is 650 Å². The maximum atomic E-state index is 13.4. The molecule has 6 aliphatic heterocycles. The van der Waals surface area contributed by atoms with Crippen molar-refractivity contribution in [2.75, 3.05) is 106 Å². The number of halogens is 9. The van der Waals surface area contributed by atoms with Gasteiger partial charge >= 0.3 is 18.5 Å². The fourth-order valence-corrected chi connectivity index (χ4v) is 19.5. The van der Waals surface area contributed by atoms with E-state index in [9.17, 15) is 89.4 Å². The highest BCUT2D eigenvalue weighted by molar-refractivity contribution is 7.93. The minimum atomic E-state index is -4.57. The number of hydrogen-bond acceptors (Lipinski definition) is 16. The van der Waals surface area contributed by atoms with Crippen LogP contribution in [0, 0.1) is 0 Å². The molecule has 22 nitrogen and oxygen atoms in total. The number of hydrogen-bond donors (Lipinski definition) is 5. The Morgan fingerprint density at radius 3 is 1.06 bits per heavy atom. The van der Waals surface area contributed by atoms with E-state index >= 15 is 0 Å². The number of amides is 3. The number of benzene rings is 6. The Morgan fingerprint density at radius 2 is 0.761 bits per heavy atom. The van der Waals surface area contributed by atoms with Crippen molar-refractivity contribution in [1.82, 2.24) is 0 Å². The Bertz CT molecular complexity index is 5020. The number of aliphatic hydroxyl groups is 2. The summed E-state index contributed by atoms with van der Waals surface area (Å²) >= 11 is 0. The molecule has 0 radical (unpaired) electrons. The van der Waals surface area contributed by atoms with Crippen LogP contribution in [-0.2, 0) is 91.7 Å². The van der Waals surface area contributed by atoms with Gasteiger partial charge in [-0.25, -0.2) is 25.3 Å². The number of nitrogens with one attached hydrogen (secondary N) is 3. The molecule has 113 heavy (non-hydrogen) atoms. The number of alkyl halides is 9. The molecule has 5 N–H and O–H groups in total. The summed E-state index contributed by atoms with van der Waals surface area (Å²) in [7, 11) is -7.67. The van der Waals surface area contributed by atoms with Crippen LogP contribution in [0.1, 0.15) is 136 Å². The van der Waals surface area contributed by atoms with Gasteiger partial charge in [0.15, 0.2) is 5.60 Å². The molecule has 612 valence electrons. The molecule has 3 amide bonds. The van der Waals surface area contributed by atoms with Crippen molar-refractivity contribution in [1.29, 1.82) is 0 Å². The molecule has 6 aliphatic rings. The van der Waals surface area contributed by atoms with Crippen LogP contribution in [0.5, 0.6) is 17.2 Å². The van der Waals surface area contributed by atoms with Crippen LogP contribution in [0.4, 0.5) is 73.6 Å². The SMILES string of the molecule is CCC1(CC)C/C(=C\C(=O)Nc2cccc3c2CCS(=O)(=O)N3CCCO)c2ccc(C(F)(F)F)cc2O1.CCC1(CC)C/C(=C\C(=O)Nc2cccc3c2CCS(=O)(=O)N3CCO)c2ccc(C(F)(F)F)cc2O1.CCN1c2cccc(NC(=O)/C=C3\CC(COC)(COC)Oc4cc(C(F)(F)F)ccc43)c2CCS1(=O)=O.